The normalized spacial score (nSPS) is 12.1. The maximum absolute atomic E-state index is 5.73. The smallest absolute Gasteiger partial charge is 0.0895 e. The molecule has 3 nitrogen and oxygen atoms in total. The van der Waals surface area contributed by atoms with Gasteiger partial charge in [-0.3, -0.25) is 4.98 Å². The Morgan fingerprint density at radius 2 is 1.89 bits per heavy atom. The van der Waals surface area contributed by atoms with Crippen LogP contribution in [0.4, 0.5) is 0 Å². The summed E-state index contributed by atoms with van der Waals surface area (Å²) in [6.45, 7) is 13.0. The summed E-state index contributed by atoms with van der Waals surface area (Å²) in [4.78, 5) is 4.59. The predicted molar refractivity (Wildman–Crippen MR) is 75.3 cm³/mol. The van der Waals surface area contributed by atoms with Crippen LogP contribution in [0.5, 0.6) is 0 Å². The largest absolute Gasteiger partial charge is 0.370 e. The summed E-state index contributed by atoms with van der Waals surface area (Å²) in [5.74, 6) is 0.664. The Kier molecular flexibility index (Phi) is 5.76. The fourth-order valence-electron chi connectivity index (χ4n) is 1.49. The van der Waals surface area contributed by atoms with Crippen molar-refractivity contribution in [1.29, 1.82) is 0 Å². The van der Waals surface area contributed by atoms with Crippen molar-refractivity contribution in [3.8, 4) is 0 Å². The van der Waals surface area contributed by atoms with Gasteiger partial charge in [-0.2, -0.15) is 0 Å². The predicted octanol–water partition coefficient (Wildman–Crippen LogP) is 3.14. The summed E-state index contributed by atoms with van der Waals surface area (Å²) in [6, 6.07) is 6.10. The molecule has 1 rings (SSSR count). The molecule has 3 heteroatoms. The molecule has 1 N–H and O–H groups in total. The average Bonchev–Trinajstić information content (AvgIpc) is 2.26. The van der Waals surface area contributed by atoms with Gasteiger partial charge in [0.05, 0.1) is 23.6 Å². The van der Waals surface area contributed by atoms with Crippen LogP contribution in [0.2, 0.25) is 0 Å². The Morgan fingerprint density at radius 1 is 1.22 bits per heavy atom. The highest BCUT2D eigenvalue weighted by molar-refractivity contribution is 5.10. The van der Waals surface area contributed by atoms with Crippen LogP contribution >= 0.6 is 0 Å². The zero-order valence-corrected chi connectivity index (χ0v) is 12.3. The summed E-state index contributed by atoms with van der Waals surface area (Å²) in [5.41, 5.74) is 1.95. The molecule has 0 saturated heterocycles. The molecular weight excluding hydrogens is 224 g/mol. The fraction of sp³-hybridized carbons (Fsp3) is 0.667. The number of aromatic nitrogens is 1. The van der Waals surface area contributed by atoms with Crippen LogP contribution < -0.4 is 5.32 Å². The maximum atomic E-state index is 5.73. The minimum absolute atomic E-state index is 0.117. The third kappa shape index (κ3) is 6.72. The van der Waals surface area contributed by atoms with E-state index >= 15 is 0 Å². The van der Waals surface area contributed by atoms with Gasteiger partial charge in [0.1, 0.15) is 0 Å². The second-order valence-corrected chi connectivity index (χ2v) is 6.05. The molecular formula is C15H26N2O. The quantitative estimate of drug-likeness (QED) is 0.842. The summed E-state index contributed by atoms with van der Waals surface area (Å²) in [6.07, 6.45) is 0. The Hall–Kier alpha value is -0.930. The van der Waals surface area contributed by atoms with Crippen molar-refractivity contribution in [3.63, 3.8) is 0 Å². The molecule has 0 radical (unpaired) electrons. The zero-order valence-electron chi connectivity index (χ0n) is 12.3. The Labute approximate surface area is 111 Å². The number of rotatable bonds is 6. The fourth-order valence-corrected chi connectivity index (χ4v) is 1.49. The van der Waals surface area contributed by atoms with Crippen LogP contribution in [0, 0.1) is 5.92 Å². The van der Waals surface area contributed by atoms with Gasteiger partial charge in [-0.1, -0.05) is 19.9 Å². The van der Waals surface area contributed by atoms with Crippen molar-refractivity contribution >= 4 is 0 Å². The van der Waals surface area contributed by atoms with Gasteiger partial charge in [0.15, 0.2) is 0 Å². The molecule has 18 heavy (non-hydrogen) atoms. The van der Waals surface area contributed by atoms with Gasteiger partial charge < -0.3 is 10.1 Å². The highest BCUT2D eigenvalue weighted by atomic mass is 16.5. The van der Waals surface area contributed by atoms with E-state index in [2.05, 4.69) is 44.9 Å². The van der Waals surface area contributed by atoms with Crippen LogP contribution in [0.15, 0.2) is 18.2 Å². The molecule has 0 aliphatic heterocycles. The zero-order chi connectivity index (χ0) is 13.6. The number of nitrogens with zero attached hydrogens (tertiary/aromatic N) is 1. The van der Waals surface area contributed by atoms with Crippen molar-refractivity contribution in [2.75, 3.05) is 6.54 Å². The Morgan fingerprint density at radius 3 is 2.50 bits per heavy atom. The minimum Gasteiger partial charge on any atom is -0.370 e. The first kappa shape index (κ1) is 15.1. The van der Waals surface area contributed by atoms with Crippen LogP contribution in [0.25, 0.3) is 0 Å². The molecule has 0 bridgehead atoms. The third-order valence-electron chi connectivity index (χ3n) is 2.38. The van der Waals surface area contributed by atoms with Crippen molar-refractivity contribution in [2.24, 2.45) is 5.92 Å². The van der Waals surface area contributed by atoms with E-state index in [9.17, 15) is 0 Å². The number of nitrogens with one attached hydrogen (secondary N) is 1. The first-order valence-electron chi connectivity index (χ1n) is 6.66. The van der Waals surface area contributed by atoms with E-state index < -0.39 is 0 Å². The molecule has 0 unspecified atom stereocenters. The highest BCUT2D eigenvalue weighted by Crippen LogP contribution is 2.10. The van der Waals surface area contributed by atoms with E-state index in [1.165, 1.54) is 0 Å². The van der Waals surface area contributed by atoms with E-state index in [1.807, 2.05) is 18.2 Å². The van der Waals surface area contributed by atoms with Crippen molar-refractivity contribution in [3.05, 3.63) is 29.6 Å². The molecule has 0 saturated carbocycles. The molecule has 0 aliphatic carbocycles. The first-order valence-corrected chi connectivity index (χ1v) is 6.66. The number of ether oxygens (including phenoxy) is 1. The maximum Gasteiger partial charge on any atom is 0.0895 e. The molecule has 0 amide bonds. The minimum atomic E-state index is -0.117. The van der Waals surface area contributed by atoms with Gasteiger partial charge in [-0.25, -0.2) is 0 Å². The molecule has 0 atom stereocenters. The van der Waals surface area contributed by atoms with Gasteiger partial charge in [0.2, 0.25) is 0 Å². The monoisotopic (exact) mass is 250 g/mol. The van der Waals surface area contributed by atoms with Gasteiger partial charge in [-0.15, -0.1) is 0 Å². The standard InChI is InChI=1S/C15H26N2O/c1-12(2)9-16-10-13-7-6-8-14(17-13)11-18-15(3,4)5/h6-8,12,16H,9-11H2,1-5H3. The molecule has 1 aromatic heterocycles. The van der Waals surface area contributed by atoms with Gasteiger partial charge in [-0.05, 0) is 45.4 Å². The second-order valence-electron chi connectivity index (χ2n) is 6.05. The molecule has 0 fully saturated rings. The van der Waals surface area contributed by atoms with E-state index in [-0.39, 0.29) is 5.60 Å². The van der Waals surface area contributed by atoms with Gasteiger partial charge in [0.25, 0.3) is 0 Å². The van der Waals surface area contributed by atoms with E-state index in [1.54, 1.807) is 0 Å². The van der Waals surface area contributed by atoms with Crippen LogP contribution in [0.3, 0.4) is 0 Å². The molecule has 102 valence electrons. The van der Waals surface area contributed by atoms with Crippen molar-refractivity contribution in [2.45, 2.75) is 53.4 Å². The van der Waals surface area contributed by atoms with E-state index in [0.717, 1.165) is 24.5 Å². The lowest BCUT2D eigenvalue weighted by molar-refractivity contribution is -0.0165. The molecule has 1 heterocycles. The topological polar surface area (TPSA) is 34.1 Å². The van der Waals surface area contributed by atoms with Crippen LogP contribution in [-0.4, -0.2) is 17.1 Å². The lowest BCUT2D eigenvalue weighted by Gasteiger charge is -2.19. The summed E-state index contributed by atoms with van der Waals surface area (Å²) in [5, 5.41) is 3.40. The van der Waals surface area contributed by atoms with Gasteiger partial charge >= 0.3 is 0 Å². The van der Waals surface area contributed by atoms with Crippen LogP contribution in [-0.2, 0) is 17.9 Å². The van der Waals surface area contributed by atoms with Crippen molar-refractivity contribution in [1.82, 2.24) is 10.3 Å². The summed E-state index contributed by atoms with van der Waals surface area (Å²) in [7, 11) is 0. The lowest BCUT2D eigenvalue weighted by atomic mass is 10.2. The third-order valence-corrected chi connectivity index (χ3v) is 2.38. The summed E-state index contributed by atoms with van der Waals surface area (Å²) >= 11 is 0. The second kappa shape index (κ2) is 6.86. The van der Waals surface area contributed by atoms with E-state index in [4.69, 9.17) is 4.74 Å². The number of hydrogen-bond donors (Lipinski definition) is 1. The summed E-state index contributed by atoms with van der Waals surface area (Å²) < 4.78 is 5.73. The highest BCUT2D eigenvalue weighted by Gasteiger charge is 2.10. The molecule has 0 aliphatic rings. The van der Waals surface area contributed by atoms with Gasteiger partial charge in [0, 0.05) is 6.54 Å². The molecule has 0 spiro atoms. The first-order chi connectivity index (χ1) is 8.37. The molecule has 1 aromatic rings. The number of pyridine rings is 1. The Balaban J connectivity index is 2.46. The lowest BCUT2D eigenvalue weighted by Crippen LogP contribution is -2.21. The van der Waals surface area contributed by atoms with E-state index in [0.29, 0.717) is 12.5 Å². The average molecular weight is 250 g/mol. The van der Waals surface area contributed by atoms with Crippen molar-refractivity contribution < 1.29 is 4.74 Å². The number of hydrogen-bond acceptors (Lipinski definition) is 3. The van der Waals surface area contributed by atoms with Crippen LogP contribution in [0.1, 0.15) is 46.0 Å². The molecule has 0 aromatic carbocycles. The SMILES string of the molecule is CC(C)CNCc1cccc(COC(C)(C)C)n1. The Bertz CT molecular complexity index is 356.